The number of anilines is 1. The van der Waals surface area contributed by atoms with Gasteiger partial charge in [0, 0.05) is 10.6 Å². The summed E-state index contributed by atoms with van der Waals surface area (Å²) < 4.78 is 5.65. The van der Waals surface area contributed by atoms with Gasteiger partial charge < -0.3 is 10.5 Å². The van der Waals surface area contributed by atoms with E-state index >= 15 is 0 Å². The van der Waals surface area contributed by atoms with Gasteiger partial charge in [-0.2, -0.15) is 0 Å². The third-order valence-corrected chi connectivity index (χ3v) is 2.83. The zero-order valence-electron chi connectivity index (χ0n) is 7.62. The lowest BCUT2D eigenvalue weighted by Gasteiger charge is -2.07. The van der Waals surface area contributed by atoms with Crippen LogP contribution in [0.1, 0.15) is 12.8 Å². The van der Waals surface area contributed by atoms with Gasteiger partial charge >= 0.3 is 0 Å². The molecule has 13 heavy (non-hydrogen) atoms. The lowest BCUT2D eigenvalue weighted by molar-refractivity contribution is 0.302. The normalized spacial score (nSPS) is 15.8. The van der Waals surface area contributed by atoms with Gasteiger partial charge in [0.05, 0.1) is 6.10 Å². The van der Waals surface area contributed by atoms with E-state index < -0.39 is 0 Å². The predicted octanol–water partition coefficient (Wildman–Crippen LogP) is 2.53. The van der Waals surface area contributed by atoms with E-state index in [2.05, 4.69) is 0 Å². The van der Waals surface area contributed by atoms with Crippen LogP contribution in [0.25, 0.3) is 0 Å². The Labute approximate surface area is 82.5 Å². The number of nitrogens with two attached hydrogens (primary N) is 1. The zero-order valence-corrected chi connectivity index (χ0v) is 8.43. The van der Waals surface area contributed by atoms with E-state index in [1.54, 1.807) is 11.8 Å². The molecule has 1 aromatic carbocycles. The van der Waals surface area contributed by atoms with Crippen molar-refractivity contribution < 1.29 is 4.74 Å². The molecule has 0 amide bonds. The summed E-state index contributed by atoms with van der Waals surface area (Å²) in [5, 5.41) is 0. The first-order chi connectivity index (χ1) is 6.29. The summed E-state index contributed by atoms with van der Waals surface area (Å²) >= 11 is 1.65. The number of rotatable bonds is 3. The van der Waals surface area contributed by atoms with Gasteiger partial charge in [0.2, 0.25) is 0 Å². The average Bonchev–Trinajstić information content (AvgIpc) is 2.92. The van der Waals surface area contributed by atoms with Crippen LogP contribution < -0.4 is 10.5 Å². The minimum Gasteiger partial charge on any atom is -0.490 e. The Morgan fingerprint density at radius 1 is 1.46 bits per heavy atom. The van der Waals surface area contributed by atoms with Crippen LogP contribution in [-0.2, 0) is 0 Å². The third-order valence-electron chi connectivity index (χ3n) is 2.03. The average molecular weight is 195 g/mol. The van der Waals surface area contributed by atoms with E-state index in [-0.39, 0.29) is 0 Å². The Balaban J connectivity index is 2.16. The van der Waals surface area contributed by atoms with Crippen LogP contribution in [0.3, 0.4) is 0 Å². The molecule has 0 radical (unpaired) electrons. The van der Waals surface area contributed by atoms with E-state index in [1.807, 2.05) is 24.5 Å². The quantitative estimate of drug-likeness (QED) is 0.594. The number of hydrogen-bond acceptors (Lipinski definition) is 3. The zero-order chi connectivity index (χ0) is 9.26. The summed E-state index contributed by atoms with van der Waals surface area (Å²) in [5.41, 5.74) is 6.60. The first kappa shape index (κ1) is 8.75. The van der Waals surface area contributed by atoms with Crippen molar-refractivity contribution in [1.29, 1.82) is 0 Å². The number of nitrogen functional groups attached to an aromatic ring is 1. The van der Waals surface area contributed by atoms with E-state index in [0.717, 1.165) is 16.3 Å². The number of thioether (sulfide) groups is 1. The fourth-order valence-corrected chi connectivity index (χ4v) is 1.68. The highest BCUT2D eigenvalue weighted by Crippen LogP contribution is 2.31. The highest BCUT2D eigenvalue weighted by Gasteiger charge is 2.23. The molecule has 2 nitrogen and oxygen atoms in total. The van der Waals surface area contributed by atoms with E-state index in [4.69, 9.17) is 10.5 Å². The molecule has 0 bridgehead atoms. The Morgan fingerprint density at radius 2 is 2.23 bits per heavy atom. The summed E-state index contributed by atoms with van der Waals surface area (Å²) in [4.78, 5) is 1.10. The second-order valence-electron chi connectivity index (χ2n) is 3.22. The first-order valence-electron chi connectivity index (χ1n) is 4.40. The smallest absolute Gasteiger partial charge is 0.120 e. The molecule has 0 saturated heterocycles. The van der Waals surface area contributed by atoms with Crippen LogP contribution in [-0.4, -0.2) is 12.4 Å². The van der Waals surface area contributed by atoms with Crippen LogP contribution in [0, 0.1) is 0 Å². The molecule has 1 aliphatic rings. The molecule has 0 unspecified atom stereocenters. The Kier molecular flexibility index (Phi) is 2.36. The Bertz CT molecular complexity index is 310. The summed E-state index contributed by atoms with van der Waals surface area (Å²) in [5.74, 6) is 0.945. The molecule has 3 heteroatoms. The summed E-state index contributed by atoms with van der Waals surface area (Å²) in [6.45, 7) is 0. The maximum atomic E-state index is 5.77. The summed E-state index contributed by atoms with van der Waals surface area (Å²) in [6, 6.07) is 5.86. The summed E-state index contributed by atoms with van der Waals surface area (Å²) in [7, 11) is 0. The molecule has 0 spiro atoms. The number of hydrogen-bond donors (Lipinski definition) is 1. The van der Waals surface area contributed by atoms with Crippen molar-refractivity contribution in [2.75, 3.05) is 12.0 Å². The molecule has 2 N–H and O–H groups in total. The molecular weight excluding hydrogens is 182 g/mol. The first-order valence-corrected chi connectivity index (χ1v) is 5.62. The SMILES string of the molecule is CSc1cc(OC2CC2)ccc1N. The van der Waals surface area contributed by atoms with Gasteiger partial charge in [0.1, 0.15) is 5.75 Å². The molecule has 1 aromatic rings. The Morgan fingerprint density at radius 3 is 2.85 bits per heavy atom. The van der Waals surface area contributed by atoms with Crippen LogP contribution in [0.5, 0.6) is 5.75 Å². The van der Waals surface area contributed by atoms with Gasteiger partial charge in [-0.05, 0) is 37.3 Å². The van der Waals surface area contributed by atoms with Crippen molar-refractivity contribution in [2.24, 2.45) is 0 Å². The largest absolute Gasteiger partial charge is 0.490 e. The van der Waals surface area contributed by atoms with Crippen molar-refractivity contribution in [3.8, 4) is 5.75 Å². The van der Waals surface area contributed by atoms with Crippen molar-refractivity contribution in [1.82, 2.24) is 0 Å². The van der Waals surface area contributed by atoms with Crippen molar-refractivity contribution >= 4 is 17.4 Å². The molecule has 0 heterocycles. The van der Waals surface area contributed by atoms with Gasteiger partial charge in [0.25, 0.3) is 0 Å². The lowest BCUT2D eigenvalue weighted by Crippen LogP contribution is -1.96. The molecule has 0 aliphatic heterocycles. The predicted molar refractivity (Wildman–Crippen MR) is 56.3 cm³/mol. The lowest BCUT2D eigenvalue weighted by atomic mass is 10.3. The van der Waals surface area contributed by atoms with E-state index in [1.165, 1.54) is 12.8 Å². The topological polar surface area (TPSA) is 35.2 Å². The van der Waals surface area contributed by atoms with Crippen LogP contribution in [0.15, 0.2) is 23.1 Å². The van der Waals surface area contributed by atoms with Gasteiger partial charge in [-0.15, -0.1) is 11.8 Å². The number of ether oxygens (including phenoxy) is 1. The molecule has 1 saturated carbocycles. The molecule has 1 fully saturated rings. The molecule has 0 aromatic heterocycles. The van der Waals surface area contributed by atoms with Crippen LogP contribution in [0.4, 0.5) is 5.69 Å². The fraction of sp³-hybridized carbons (Fsp3) is 0.400. The monoisotopic (exact) mass is 195 g/mol. The van der Waals surface area contributed by atoms with Crippen LogP contribution >= 0.6 is 11.8 Å². The molecule has 2 rings (SSSR count). The molecular formula is C10H13NOS. The second kappa shape index (κ2) is 3.50. The maximum absolute atomic E-state index is 5.77. The van der Waals surface area contributed by atoms with Gasteiger partial charge in [-0.25, -0.2) is 0 Å². The standard InChI is InChI=1S/C10H13NOS/c1-13-10-6-8(4-5-9(10)11)12-7-2-3-7/h4-7H,2-3,11H2,1H3. The van der Waals surface area contributed by atoms with Crippen molar-refractivity contribution in [2.45, 2.75) is 23.8 Å². The number of benzene rings is 1. The highest BCUT2D eigenvalue weighted by atomic mass is 32.2. The van der Waals surface area contributed by atoms with Gasteiger partial charge in [0.15, 0.2) is 0 Å². The van der Waals surface area contributed by atoms with E-state index in [9.17, 15) is 0 Å². The molecule has 1 aliphatic carbocycles. The summed E-state index contributed by atoms with van der Waals surface area (Å²) in [6.07, 6.45) is 4.86. The van der Waals surface area contributed by atoms with Gasteiger partial charge in [-0.1, -0.05) is 0 Å². The minimum absolute atomic E-state index is 0.457. The van der Waals surface area contributed by atoms with Crippen molar-refractivity contribution in [3.63, 3.8) is 0 Å². The van der Waals surface area contributed by atoms with E-state index in [0.29, 0.717) is 6.10 Å². The molecule has 70 valence electrons. The molecule has 0 atom stereocenters. The Hall–Kier alpha value is -0.830. The second-order valence-corrected chi connectivity index (χ2v) is 4.07. The fourth-order valence-electron chi connectivity index (χ4n) is 1.14. The van der Waals surface area contributed by atoms with Crippen molar-refractivity contribution in [3.05, 3.63) is 18.2 Å². The van der Waals surface area contributed by atoms with Gasteiger partial charge in [-0.3, -0.25) is 0 Å². The minimum atomic E-state index is 0.457. The van der Waals surface area contributed by atoms with Crippen LogP contribution in [0.2, 0.25) is 0 Å². The third kappa shape index (κ3) is 2.10. The maximum Gasteiger partial charge on any atom is 0.120 e. The highest BCUT2D eigenvalue weighted by molar-refractivity contribution is 7.98.